The van der Waals surface area contributed by atoms with E-state index in [1.54, 1.807) is 14.2 Å². The second-order valence-electron chi connectivity index (χ2n) is 7.38. The third kappa shape index (κ3) is 2.76. The van der Waals surface area contributed by atoms with Gasteiger partial charge in [-0.05, 0) is 43.4 Å². The highest BCUT2D eigenvalue weighted by Gasteiger charge is 2.42. The van der Waals surface area contributed by atoms with Gasteiger partial charge in [0.1, 0.15) is 0 Å². The molecule has 1 heterocycles. The van der Waals surface area contributed by atoms with Crippen LogP contribution in [-0.4, -0.2) is 37.7 Å². The summed E-state index contributed by atoms with van der Waals surface area (Å²) in [4.78, 5) is 28.0. The Morgan fingerprint density at radius 2 is 1.41 bits per heavy atom. The van der Waals surface area contributed by atoms with E-state index in [0.29, 0.717) is 24.3 Å². The molecule has 0 aromatic heterocycles. The first-order valence-electron chi connectivity index (χ1n) is 9.55. The molecule has 0 fully saturated rings. The van der Waals surface area contributed by atoms with Crippen molar-refractivity contribution in [2.45, 2.75) is 44.4 Å². The van der Waals surface area contributed by atoms with Crippen LogP contribution in [-0.2, 0) is 9.59 Å². The van der Waals surface area contributed by atoms with Gasteiger partial charge in [0.25, 0.3) is 0 Å². The molecule has 5 heteroatoms. The van der Waals surface area contributed by atoms with Crippen LogP contribution in [0.2, 0.25) is 0 Å². The van der Waals surface area contributed by atoms with Crippen molar-refractivity contribution in [3.05, 3.63) is 46.3 Å². The molecule has 0 saturated carbocycles. The first kappa shape index (κ1) is 17.8. The topological polar surface area (TPSA) is 55.8 Å². The van der Waals surface area contributed by atoms with Crippen LogP contribution < -0.4 is 9.47 Å². The molecule has 1 aliphatic heterocycles. The summed E-state index contributed by atoms with van der Waals surface area (Å²) in [6.07, 6.45) is 4.60. The highest BCUT2D eigenvalue weighted by molar-refractivity contribution is 6.06. The van der Waals surface area contributed by atoms with Crippen LogP contribution in [0.15, 0.2) is 40.7 Å². The second-order valence-corrected chi connectivity index (χ2v) is 7.38. The average molecular weight is 367 g/mol. The number of benzene rings is 1. The first-order valence-corrected chi connectivity index (χ1v) is 9.55. The molecule has 1 aromatic carbocycles. The lowest BCUT2D eigenvalue weighted by molar-refractivity contribution is -0.117. The smallest absolute Gasteiger partial charge is 0.161 e. The van der Waals surface area contributed by atoms with Crippen molar-refractivity contribution in [1.82, 2.24) is 4.90 Å². The van der Waals surface area contributed by atoms with E-state index in [1.165, 1.54) is 0 Å². The number of Topliss-reactive ketones (excluding diaryl/α,β-unsaturated/α-hetero) is 2. The molecular weight excluding hydrogens is 342 g/mol. The fourth-order valence-corrected chi connectivity index (χ4v) is 4.72. The van der Waals surface area contributed by atoms with E-state index in [1.807, 2.05) is 25.2 Å². The molecule has 2 aliphatic carbocycles. The number of allylic oxidation sites excluding steroid dienone is 4. The minimum absolute atomic E-state index is 0.160. The SMILES string of the molecule is COc1ccc(C2C3=C(CCCC3=O)N(C)C3=C2C(=O)CCC3)cc1OC. The van der Waals surface area contributed by atoms with Gasteiger partial charge < -0.3 is 14.4 Å². The Labute approximate surface area is 159 Å². The molecule has 0 bridgehead atoms. The minimum atomic E-state index is -0.299. The van der Waals surface area contributed by atoms with Gasteiger partial charge in [0.15, 0.2) is 23.1 Å². The van der Waals surface area contributed by atoms with Gasteiger partial charge in [0.05, 0.1) is 14.2 Å². The van der Waals surface area contributed by atoms with Crippen molar-refractivity contribution in [2.24, 2.45) is 0 Å². The maximum absolute atomic E-state index is 12.9. The van der Waals surface area contributed by atoms with Crippen LogP contribution >= 0.6 is 0 Å². The molecule has 0 saturated heterocycles. The van der Waals surface area contributed by atoms with Crippen molar-refractivity contribution < 1.29 is 19.1 Å². The molecule has 5 nitrogen and oxygen atoms in total. The van der Waals surface area contributed by atoms with E-state index in [4.69, 9.17) is 9.47 Å². The largest absolute Gasteiger partial charge is 0.493 e. The minimum Gasteiger partial charge on any atom is -0.493 e. The lowest BCUT2D eigenvalue weighted by Crippen LogP contribution is -2.37. The zero-order valence-electron chi connectivity index (χ0n) is 16.1. The van der Waals surface area contributed by atoms with Crippen LogP contribution in [0.1, 0.15) is 50.0 Å². The predicted molar refractivity (Wildman–Crippen MR) is 102 cm³/mol. The fraction of sp³-hybridized carbons (Fsp3) is 0.455. The normalized spacial score (nSPS) is 20.6. The Morgan fingerprint density at radius 1 is 0.852 bits per heavy atom. The van der Waals surface area contributed by atoms with E-state index in [0.717, 1.165) is 53.8 Å². The number of rotatable bonds is 3. The van der Waals surface area contributed by atoms with E-state index in [-0.39, 0.29) is 17.5 Å². The number of methoxy groups -OCH3 is 2. The summed E-state index contributed by atoms with van der Waals surface area (Å²) < 4.78 is 10.8. The predicted octanol–water partition coefficient (Wildman–Crippen LogP) is 3.75. The Morgan fingerprint density at radius 3 is 1.93 bits per heavy atom. The molecule has 0 N–H and O–H groups in total. The van der Waals surface area contributed by atoms with Crippen LogP contribution in [0.25, 0.3) is 0 Å². The van der Waals surface area contributed by atoms with Crippen LogP contribution in [0.4, 0.5) is 0 Å². The Balaban J connectivity index is 1.94. The van der Waals surface area contributed by atoms with Gasteiger partial charge in [-0.2, -0.15) is 0 Å². The molecular formula is C22H25NO4. The van der Waals surface area contributed by atoms with Gasteiger partial charge in [-0.1, -0.05) is 6.07 Å². The van der Waals surface area contributed by atoms with E-state index < -0.39 is 0 Å². The maximum Gasteiger partial charge on any atom is 0.161 e. The quantitative estimate of drug-likeness (QED) is 0.814. The highest BCUT2D eigenvalue weighted by Crippen LogP contribution is 2.49. The van der Waals surface area contributed by atoms with Crippen molar-refractivity contribution in [1.29, 1.82) is 0 Å². The Bertz CT molecular complexity index is 836. The zero-order valence-corrected chi connectivity index (χ0v) is 16.1. The van der Waals surface area contributed by atoms with Gasteiger partial charge in [-0.15, -0.1) is 0 Å². The zero-order chi connectivity index (χ0) is 19.1. The summed E-state index contributed by atoms with van der Waals surface area (Å²) in [6.45, 7) is 0. The van der Waals surface area contributed by atoms with Gasteiger partial charge in [0.2, 0.25) is 0 Å². The molecule has 1 aromatic rings. The third-order valence-corrected chi connectivity index (χ3v) is 5.99. The summed E-state index contributed by atoms with van der Waals surface area (Å²) in [5.74, 6) is 1.28. The maximum atomic E-state index is 12.9. The highest BCUT2D eigenvalue weighted by atomic mass is 16.5. The number of ether oxygens (including phenoxy) is 2. The van der Waals surface area contributed by atoms with Crippen molar-refractivity contribution >= 4 is 11.6 Å². The molecule has 0 radical (unpaired) electrons. The number of hydrogen-bond acceptors (Lipinski definition) is 5. The van der Waals surface area contributed by atoms with E-state index in [9.17, 15) is 9.59 Å². The summed E-state index contributed by atoms with van der Waals surface area (Å²) in [6, 6.07) is 5.72. The number of hydrogen-bond donors (Lipinski definition) is 0. The van der Waals surface area contributed by atoms with Gasteiger partial charge in [-0.25, -0.2) is 0 Å². The molecule has 0 spiro atoms. The van der Waals surface area contributed by atoms with Crippen molar-refractivity contribution in [3.63, 3.8) is 0 Å². The molecule has 4 rings (SSSR count). The lowest BCUT2D eigenvalue weighted by Gasteiger charge is -2.42. The molecule has 0 atom stereocenters. The molecule has 27 heavy (non-hydrogen) atoms. The van der Waals surface area contributed by atoms with Gasteiger partial charge in [0, 0.05) is 48.3 Å². The fourth-order valence-electron chi connectivity index (χ4n) is 4.72. The van der Waals surface area contributed by atoms with Crippen LogP contribution in [0.3, 0.4) is 0 Å². The van der Waals surface area contributed by atoms with Crippen LogP contribution in [0.5, 0.6) is 11.5 Å². The Hall–Kier alpha value is -2.56. The molecule has 0 amide bonds. The van der Waals surface area contributed by atoms with Gasteiger partial charge >= 0.3 is 0 Å². The number of carbonyl (C=O) groups is 2. The molecule has 142 valence electrons. The summed E-state index contributed by atoms with van der Waals surface area (Å²) in [5, 5.41) is 0. The van der Waals surface area contributed by atoms with Crippen LogP contribution in [0, 0.1) is 0 Å². The number of ketones is 2. The second kappa shape index (κ2) is 6.87. The monoisotopic (exact) mass is 367 g/mol. The summed E-state index contributed by atoms with van der Waals surface area (Å²) in [5.41, 5.74) is 4.68. The Kier molecular flexibility index (Phi) is 4.54. The van der Waals surface area contributed by atoms with Crippen molar-refractivity contribution in [3.8, 4) is 11.5 Å². The van der Waals surface area contributed by atoms with Gasteiger partial charge in [-0.3, -0.25) is 9.59 Å². The number of carbonyl (C=O) groups excluding carboxylic acids is 2. The first-order chi connectivity index (χ1) is 13.1. The summed E-state index contributed by atoms with van der Waals surface area (Å²) >= 11 is 0. The van der Waals surface area contributed by atoms with E-state index in [2.05, 4.69) is 4.90 Å². The molecule has 0 unspecified atom stereocenters. The standard InChI is InChI=1S/C22H25NO4/c1-23-14-6-4-8-16(24)21(14)20(22-15(23)7-5-9-17(22)25)13-10-11-18(26-2)19(12-13)27-3/h10-12,20H,4-9H2,1-3H3. The van der Waals surface area contributed by atoms with E-state index >= 15 is 0 Å². The third-order valence-electron chi connectivity index (χ3n) is 5.99. The lowest BCUT2D eigenvalue weighted by atomic mass is 9.71. The van der Waals surface area contributed by atoms with Crippen molar-refractivity contribution in [2.75, 3.05) is 21.3 Å². The average Bonchev–Trinajstić information content (AvgIpc) is 2.69. The summed E-state index contributed by atoms with van der Waals surface area (Å²) in [7, 11) is 5.21. The molecule has 3 aliphatic rings. The number of nitrogens with zero attached hydrogens (tertiary/aromatic N) is 1.